The molecule has 0 spiro atoms. The molecule has 29 heavy (non-hydrogen) atoms. The topological polar surface area (TPSA) is 93.1 Å². The maximum Gasteiger partial charge on any atom is 0.338 e. The SMILES string of the molecule is C=CCO[C@H]1C[C@H](COC(=O)c2ccccc2)SC1O.O=C(O)c1ccccc1. The van der Waals surface area contributed by atoms with E-state index in [9.17, 15) is 14.7 Å². The van der Waals surface area contributed by atoms with E-state index in [0.717, 1.165) is 0 Å². The summed E-state index contributed by atoms with van der Waals surface area (Å²) in [6.07, 6.45) is 2.10. The van der Waals surface area contributed by atoms with E-state index < -0.39 is 11.4 Å². The zero-order valence-electron chi connectivity index (χ0n) is 15.8. The minimum atomic E-state index is -0.879. The van der Waals surface area contributed by atoms with Crippen LogP contribution in [0.25, 0.3) is 0 Å². The molecule has 1 saturated heterocycles. The van der Waals surface area contributed by atoms with Gasteiger partial charge in [0.2, 0.25) is 0 Å². The summed E-state index contributed by atoms with van der Waals surface area (Å²) in [4.78, 5) is 22.0. The number of rotatable bonds is 7. The summed E-state index contributed by atoms with van der Waals surface area (Å²) >= 11 is 1.38. The van der Waals surface area contributed by atoms with Crippen LogP contribution in [-0.4, -0.2) is 52.2 Å². The van der Waals surface area contributed by atoms with E-state index in [2.05, 4.69) is 6.58 Å². The average Bonchev–Trinajstić information content (AvgIpc) is 3.11. The quantitative estimate of drug-likeness (QED) is 0.526. The van der Waals surface area contributed by atoms with E-state index in [1.807, 2.05) is 6.07 Å². The number of aliphatic hydroxyl groups is 1. The summed E-state index contributed by atoms with van der Waals surface area (Å²) in [5.41, 5.74) is 0.295. The summed E-state index contributed by atoms with van der Waals surface area (Å²) in [7, 11) is 0. The van der Waals surface area contributed by atoms with Crippen molar-refractivity contribution in [2.45, 2.75) is 23.2 Å². The van der Waals surface area contributed by atoms with Crippen LogP contribution in [0.3, 0.4) is 0 Å². The van der Waals surface area contributed by atoms with Crippen LogP contribution in [0.15, 0.2) is 73.3 Å². The van der Waals surface area contributed by atoms with Crippen LogP contribution in [-0.2, 0) is 9.47 Å². The van der Waals surface area contributed by atoms with E-state index in [1.54, 1.807) is 60.7 Å². The predicted molar refractivity (Wildman–Crippen MR) is 112 cm³/mol. The van der Waals surface area contributed by atoms with E-state index in [1.165, 1.54) is 11.8 Å². The van der Waals surface area contributed by atoms with Crippen molar-refractivity contribution in [3.8, 4) is 0 Å². The Labute approximate surface area is 174 Å². The Morgan fingerprint density at radius 1 is 1.07 bits per heavy atom. The van der Waals surface area contributed by atoms with Crippen LogP contribution in [0.1, 0.15) is 27.1 Å². The van der Waals surface area contributed by atoms with Gasteiger partial charge in [0.25, 0.3) is 0 Å². The number of thioether (sulfide) groups is 1. The maximum atomic E-state index is 11.8. The molecule has 1 fully saturated rings. The number of carbonyl (C=O) groups excluding carboxylic acids is 1. The van der Waals surface area contributed by atoms with E-state index in [-0.39, 0.29) is 23.9 Å². The van der Waals surface area contributed by atoms with Gasteiger partial charge in [-0.15, -0.1) is 18.3 Å². The number of carboxylic acids is 1. The van der Waals surface area contributed by atoms with Gasteiger partial charge in [-0.05, 0) is 30.7 Å². The minimum Gasteiger partial charge on any atom is -0.478 e. The Morgan fingerprint density at radius 3 is 2.17 bits per heavy atom. The molecule has 0 aromatic heterocycles. The fraction of sp³-hybridized carbons (Fsp3) is 0.273. The number of benzene rings is 2. The molecule has 0 saturated carbocycles. The van der Waals surface area contributed by atoms with Gasteiger partial charge in [-0.2, -0.15) is 0 Å². The first kappa shape index (κ1) is 22.7. The van der Waals surface area contributed by atoms with Crippen molar-refractivity contribution in [3.05, 3.63) is 84.4 Å². The van der Waals surface area contributed by atoms with Gasteiger partial charge in [-0.3, -0.25) is 0 Å². The van der Waals surface area contributed by atoms with Gasteiger partial charge in [-0.1, -0.05) is 42.5 Å². The molecule has 3 rings (SSSR count). The molecule has 0 aliphatic carbocycles. The normalized spacial score (nSPS) is 20.2. The number of carboxylic acid groups (broad SMARTS) is 1. The van der Waals surface area contributed by atoms with Gasteiger partial charge in [0.15, 0.2) is 0 Å². The van der Waals surface area contributed by atoms with Crippen molar-refractivity contribution >= 4 is 23.7 Å². The van der Waals surface area contributed by atoms with Crippen molar-refractivity contribution < 1.29 is 29.3 Å². The van der Waals surface area contributed by atoms with Gasteiger partial charge in [0.05, 0.1) is 23.8 Å². The van der Waals surface area contributed by atoms with Gasteiger partial charge in [0, 0.05) is 5.25 Å². The van der Waals surface area contributed by atoms with Crippen molar-refractivity contribution in [1.29, 1.82) is 0 Å². The lowest BCUT2D eigenvalue weighted by atomic mass is 10.2. The molecule has 2 N–H and O–H groups in total. The van der Waals surface area contributed by atoms with E-state index >= 15 is 0 Å². The molecule has 7 heteroatoms. The lowest BCUT2D eigenvalue weighted by molar-refractivity contribution is 0.0132. The Morgan fingerprint density at radius 2 is 1.66 bits per heavy atom. The first-order valence-electron chi connectivity index (χ1n) is 9.07. The molecule has 1 aliphatic heterocycles. The zero-order chi connectivity index (χ0) is 21.1. The van der Waals surface area contributed by atoms with Crippen molar-refractivity contribution in [2.24, 2.45) is 0 Å². The summed E-state index contributed by atoms with van der Waals surface area (Å²) in [6, 6.07) is 17.2. The minimum absolute atomic E-state index is 0.0625. The monoisotopic (exact) mass is 416 g/mol. The lowest BCUT2D eigenvalue weighted by Gasteiger charge is -2.12. The molecule has 2 aromatic carbocycles. The Kier molecular flexibility index (Phi) is 9.43. The molecular formula is C22H24O6S. The van der Waals surface area contributed by atoms with Crippen LogP contribution < -0.4 is 0 Å². The maximum absolute atomic E-state index is 11.8. The second-order valence-electron chi connectivity index (χ2n) is 6.18. The third kappa shape index (κ3) is 7.73. The van der Waals surface area contributed by atoms with Gasteiger partial charge in [0.1, 0.15) is 12.0 Å². The van der Waals surface area contributed by atoms with Gasteiger partial charge < -0.3 is 19.7 Å². The third-order valence-corrected chi connectivity index (χ3v) is 5.30. The molecular weight excluding hydrogens is 392 g/mol. The van der Waals surface area contributed by atoms with Gasteiger partial charge in [-0.25, -0.2) is 9.59 Å². The highest BCUT2D eigenvalue weighted by molar-refractivity contribution is 8.00. The summed E-state index contributed by atoms with van der Waals surface area (Å²) in [6.45, 7) is 4.27. The first-order valence-corrected chi connectivity index (χ1v) is 10.0. The van der Waals surface area contributed by atoms with Crippen LogP contribution in [0.4, 0.5) is 0 Å². The van der Waals surface area contributed by atoms with Crippen LogP contribution in [0, 0.1) is 0 Å². The second kappa shape index (κ2) is 12.1. The lowest BCUT2D eigenvalue weighted by Crippen LogP contribution is -2.21. The Bertz CT molecular complexity index is 780. The second-order valence-corrected chi connectivity index (χ2v) is 7.60. The molecule has 154 valence electrons. The first-order chi connectivity index (χ1) is 14.0. The molecule has 2 aromatic rings. The zero-order valence-corrected chi connectivity index (χ0v) is 16.7. The third-order valence-electron chi connectivity index (χ3n) is 4.00. The summed E-state index contributed by atoms with van der Waals surface area (Å²) < 4.78 is 10.7. The number of carbonyl (C=O) groups is 2. The number of ether oxygens (including phenoxy) is 2. The predicted octanol–water partition coefficient (Wildman–Crippen LogP) is 3.62. The van der Waals surface area contributed by atoms with Crippen molar-refractivity contribution in [1.82, 2.24) is 0 Å². The van der Waals surface area contributed by atoms with Crippen LogP contribution in [0.5, 0.6) is 0 Å². The Balaban J connectivity index is 0.000000278. The van der Waals surface area contributed by atoms with E-state index in [4.69, 9.17) is 14.6 Å². The number of esters is 1. The number of aliphatic hydroxyl groups excluding tert-OH is 1. The van der Waals surface area contributed by atoms with Gasteiger partial charge >= 0.3 is 11.9 Å². The van der Waals surface area contributed by atoms with E-state index in [0.29, 0.717) is 24.2 Å². The smallest absolute Gasteiger partial charge is 0.338 e. The largest absolute Gasteiger partial charge is 0.478 e. The summed E-state index contributed by atoms with van der Waals surface area (Å²) in [5.74, 6) is -1.22. The molecule has 0 radical (unpaired) electrons. The fourth-order valence-corrected chi connectivity index (χ4v) is 3.78. The molecule has 1 unspecified atom stereocenters. The van der Waals surface area contributed by atoms with Crippen LogP contribution >= 0.6 is 11.8 Å². The van der Waals surface area contributed by atoms with Crippen LogP contribution in [0.2, 0.25) is 0 Å². The molecule has 1 heterocycles. The molecule has 0 bridgehead atoms. The highest BCUT2D eigenvalue weighted by atomic mass is 32.2. The fourth-order valence-electron chi connectivity index (χ4n) is 2.57. The van der Waals surface area contributed by atoms with Crippen molar-refractivity contribution in [3.63, 3.8) is 0 Å². The molecule has 0 amide bonds. The number of aromatic carboxylic acids is 1. The summed E-state index contributed by atoms with van der Waals surface area (Å²) in [5, 5.41) is 18.3. The highest BCUT2D eigenvalue weighted by Crippen LogP contribution is 2.34. The molecule has 6 nitrogen and oxygen atoms in total. The molecule has 1 aliphatic rings. The Hall–Kier alpha value is -2.61. The average molecular weight is 416 g/mol. The van der Waals surface area contributed by atoms with Crippen molar-refractivity contribution in [2.75, 3.05) is 13.2 Å². The number of hydrogen-bond acceptors (Lipinski definition) is 6. The highest BCUT2D eigenvalue weighted by Gasteiger charge is 2.35. The standard InChI is InChI=1S/C15H18O4S.C7H6O2/c1-2-8-18-13-9-12(20-15(13)17)10-19-14(16)11-6-4-3-5-7-11;8-7(9)6-4-2-1-3-5-6/h2-7,12-13,15,17H,1,8-10H2;1-5H,(H,8,9)/t12-,13+,15?;/m1./s1. The number of hydrogen-bond donors (Lipinski definition) is 2. The molecule has 3 atom stereocenters.